The molecule has 4 N–H and O–H groups in total. The number of aryl methyl sites for hydroxylation is 1. The molecule has 1 amide bonds. The third kappa shape index (κ3) is 4.94. The molecular weight excluding hydrogens is 528 g/mol. The van der Waals surface area contributed by atoms with Crippen LogP contribution in [0.3, 0.4) is 0 Å². The fourth-order valence-electron chi connectivity index (χ4n) is 4.99. The maximum Gasteiger partial charge on any atom is 0.228 e. The maximum absolute atomic E-state index is 12.6. The standard InChI is InChI=1S/C31H26N10O/c1-19-16-41(18-38-19)31-29-25(7-8-33-31)40-26(15-34-29)28-24-11-22(13-35-30(24)37-17-36-28)21-10-23(14-32-12-21)39-27(42)9-20-5-3-2-4-6-20/h2-8,10-16,18,34,40H,9,17H2,1H3,(H,35,37)(H,39,42). The smallest absolute Gasteiger partial charge is 0.228 e. The number of carbonyl (C=O) groups excluding carboxylic acids is 1. The third-order valence-electron chi connectivity index (χ3n) is 6.96. The van der Waals surface area contributed by atoms with E-state index in [2.05, 4.69) is 41.2 Å². The second-order valence-corrected chi connectivity index (χ2v) is 9.94. The van der Waals surface area contributed by atoms with Crippen LogP contribution in [0.4, 0.5) is 22.9 Å². The predicted octanol–water partition coefficient (Wildman–Crippen LogP) is 4.77. The lowest BCUT2D eigenvalue weighted by Gasteiger charge is -2.26. The van der Waals surface area contributed by atoms with Crippen molar-refractivity contribution in [3.05, 3.63) is 115 Å². The fourth-order valence-corrected chi connectivity index (χ4v) is 4.99. The summed E-state index contributed by atoms with van der Waals surface area (Å²) in [5, 5.41) is 13.1. The topological polar surface area (TPSA) is 134 Å². The van der Waals surface area contributed by atoms with Crippen molar-refractivity contribution in [3.8, 4) is 16.9 Å². The number of anilines is 4. The van der Waals surface area contributed by atoms with Gasteiger partial charge in [-0.15, -0.1) is 0 Å². The number of hydrogen-bond donors (Lipinski definition) is 4. The summed E-state index contributed by atoms with van der Waals surface area (Å²) in [6, 6.07) is 15.5. The molecule has 11 heteroatoms. The first kappa shape index (κ1) is 25.1. The van der Waals surface area contributed by atoms with Gasteiger partial charge in [-0.3, -0.25) is 19.3 Å². The number of allylic oxidation sites excluding steroid dienone is 1. The zero-order chi connectivity index (χ0) is 28.5. The Kier molecular flexibility index (Phi) is 6.36. The van der Waals surface area contributed by atoms with Crippen molar-refractivity contribution in [2.45, 2.75) is 13.3 Å². The summed E-state index contributed by atoms with van der Waals surface area (Å²) < 4.78 is 1.89. The second-order valence-electron chi connectivity index (χ2n) is 9.94. The zero-order valence-electron chi connectivity index (χ0n) is 22.7. The minimum absolute atomic E-state index is 0.105. The quantitative estimate of drug-likeness (QED) is 0.236. The van der Waals surface area contributed by atoms with Crippen LogP contribution in [-0.4, -0.2) is 42.8 Å². The number of fused-ring (bicyclic) bond motifs is 2. The minimum atomic E-state index is -0.105. The number of nitrogens with zero attached hydrogens (tertiary/aromatic N) is 6. The summed E-state index contributed by atoms with van der Waals surface area (Å²) in [5.74, 6) is 1.38. The first-order chi connectivity index (χ1) is 20.6. The van der Waals surface area contributed by atoms with Gasteiger partial charge in [0.1, 0.15) is 24.5 Å². The number of aliphatic imine (C=N–C) groups is 1. The molecule has 2 aliphatic heterocycles. The van der Waals surface area contributed by atoms with E-state index < -0.39 is 0 Å². The van der Waals surface area contributed by atoms with E-state index in [1.807, 2.05) is 72.4 Å². The summed E-state index contributed by atoms with van der Waals surface area (Å²) in [6.45, 7) is 2.35. The van der Waals surface area contributed by atoms with E-state index in [-0.39, 0.29) is 12.3 Å². The van der Waals surface area contributed by atoms with Gasteiger partial charge in [0.05, 0.1) is 41.1 Å². The van der Waals surface area contributed by atoms with Crippen LogP contribution in [0.25, 0.3) is 16.9 Å². The molecule has 7 rings (SSSR count). The van der Waals surface area contributed by atoms with Gasteiger partial charge in [-0.2, -0.15) is 0 Å². The Morgan fingerprint density at radius 2 is 1.90 bits per heavy atom. The average molecular weight is 555 g/mol. The van der Waals surface area contributed by atoms with E-state index >= 15 is 0 Å². The number of benzene rings is 1. The number of hydrogen-bond acceptors (Lipinski definition) is 9. The van der Waals surface area contributed by atoms with Crippen molar-refractivity contribution in [2.75, 3.05) is 27.9 Å². The van der Waals surface area contributed by atoms with E-state index in [4.69, 9.17) is 4.99 Å². The Morgan fingerprint density at radius 3 is 2.76 bits per heavy atom. The monoisotopic (exact) mass is 554 g/mol. The molecule has 4 aromatic heterocycles. The SMILES string of the molecule is Cc1cn(-c2nccc3c2NC=C(C2=NCNc4ncc(-c5cncc(NC(=O)Cc6ccccc6)c5)cc42)N3)cn1. The number of amides is 1. The number of pyridine rings is 3. The molecule has 206 valence electrons. The lowest BCUT2D eigenvalue weighted by molar-refractivity contribution is -0.115. The molecule has 2 aliphatic rings. The molecular formula is C31H26N10O. The molecule has 0 fully saturated rings. The normalized spacial score (nSPS) is 13.4. The highest BCUT2D eigenvalue weighted by Gasteiger charge is 2.24. The molecule has 0 radical (unpaired) electrons. The molecule has 0 atom stereocenters. The zero-order valence-corrected chi connectivity index (χ0v) is 22.7. The van der Waals surface area contributed by atoms with Crippen molar-refractivity contribution in [1.82, 2.24) is 24.5 Å². The van der Waals surface area contributed by atoms with Crippen LogP contribution in [0.5, 0.6) is 0 Å². The van der Waals surface area contributed by atoms with Crippen molar-refractivity contribution < 1.29 is 4.79 Å². The average Bonchev–Trinajstić information content (AvgIpc) is 3.46. The summed E-state index contributed by atoms with van der Waals surface area (Å²) in [5.41, 5.74) is 8.30. The van der Waals surface area contributed by atoms with Crippen LogP contribution in [0.15, 0.2) is 103 Å². The maximum atomic E-state index is 12.6. The van der Waals surface area contributed by atoms with Crippen molar-refractivity contribution in [3.63, 3.8) is 0 Å². The fraction of sp³-hybridized carbons (Fsp3) is 0.0968. The van der Waals surface area contributed by atoms with Crippen LogP contribution in [-0.2, 0) is 11.2 Å². The summed E-state index contributed by atoms with van der Waals surface area (Å²) in [4.78, 5) is 35.3. The summed E-state index contributed by atoms with van der Waals surface area (Å²) >= 11 is 0. The Bertz CT molecular complexity index is 1880. The highest BCUT2D eigenvalue weighted by atomic mass is 16.1. The summed E-state index contributed by atoms with van der Waals surface area (Å²) in [6.07, 6.45) is 12.8. The van der Waals surface area contributed by atoms with Crippen LogP contribution in [0, 0.1) is 6.92 Å². The van der Waals surface area contributed by atoms with Crippen LogP contribution in [0.1, 0.15) is 16.8 Å². The molecule has 0 saturated carbocycles. The largest absolute Gasteiger partial charge is 0.355 e. The Hall–Kier alpha value is -5.84. The van der Waals surface area contributed by atoms with Gasteiger partial charge in [-0.05, 0) is 30.7 Å². The van der Waals surface area contributed by atoms with E-state index in [1.54, 1.807) is 31.1 Å². The molecule has 1 aromatic carbocycles. The number of aromatic nitrogens is 5. The number of carbonyl (C=O) groups is 1. The van der Waals surface area contributed by atoms with Crippen molar-refractivity contribution in [2.24, 2.45) is 4.99 Å². The first-order valence-corrected chi connectivity index (χ1v) is 13.4. The Balaban J connectivity index is 1.14. The van der Waals surface area contributed by atoms with E-state index in [1.165, 1.54) is 0 Å². The molecule has 11 nitrogen and oxygen atoms in total. The van der Waals surface area contributed by atoms with Crippen molar-refractivity contribution in [1.29, 1.82) is 0 Å². The van der Waals surface area contributed by atoms with Gasteiger partial charge in [0.25, 0.3) is 0 Å². The predicted molar refractivity (Wildman–Crippen MR) is 163 cm³/mol. The second kappa shape index (κ2) is 10.6. The van der Waals surface area contributed by atoms with E-state index in [9.17, 15) is 4.79 Å². The molecule has 5 aromatic rings. The molecule has 0 bridgehead atoms. The van der Waals surface area contributed by atoms with Crippen LogP contribution >= 0.6 is 0 Å². The summed E-state index contributed by atoms with van der Waals surface area (Å²) in [7, 11) is 0. The highest BCUT2D eigenvalue weighted by Crippen LogP contribution is 2.34. The van der Waals surface area contributed by atoms with Gasteiger partial charge in [-0.25, -0.2) is 15.0 Å². The van der Waals surface area contributed by atoms with Gasteiger partial charge in [-0.1, -0.05) is 30.3 Å². The molecule has 0 aliphatic carbocycles. The third-order valence-corrected chi connectivity index (χ3v) is 6.96. The first-order valence-electron chi connectivity index (χ1n) is 13.4. The van der Waals surface area contributed by atoms with Gasteiger partial charge in [0.15, 0.2) is 5.82 Å². The van der Waals surface area contributed by atoms with Gasteiger partial charge >= 0.3 is 0 Å². The lowest BCUT2D eigenvalue weighted by atomic mass is 10.0. The van der Waals surface area contributed by atoms with Gasteiger partial charge in [0.2, 0.25) is 5.91 Å². The van der Waals surface area contributed by atoms with Crippen molar-refractivity contribution >= 4 is 34.5 Å². The van der Waals surface area contributed by atoms with Crippen LogP contribution in [0.2, 0.25) is 0 Å². The number of rotatable bonds is 6. The number of nitrogens with one attached hydrogen (secondary N) is 4. The van der Waals surface area contributed by atoms with Gasteiger partial charge in [0, 0.05) is 47.7 Å². The van der Waals surface area contributed by atoms with E-state index in [0.29, 0.717) is 12.4 Å². The lowest BCUT2D eigenvalue weighted by Crippen LogP contribution is -2.25. The molecule has 0 spiro atoms. The van der Waals surface area contributed by atoms with Gasteiger partial charge < -0.3 is 21.3 Å². The Labute approximate surface area is 241 Å². The molecule has 0 unspecified atom stereocenters. The number of imidazole rings is 1. The van der Waals surface area contributed by atoms with E-state index in [0.717, 1.165) is 62.4 Å². The Morgan fingerprint density at radius 1 is 1.02 bits per heavy atom. The molecule has 0 saturated heterocycles. The minimum Gasteiger partial charge on any atom is -0.355 e. The molecule has 6 heterocycles. The highest BCUT2D eigenvalue weighted by molar-refractivity contribution is 6.18. The van der Waals surface area contributed by atoms with Crippen LogP contribution < -0.4 is 21.3 Å². The molecule has 42 heavy (non-hydrogen) atoms.